The number of amides is 5. The second kappa shape index (κ2) is 33.0. The van der Waals surface area contributed by atoms with Crippen LogP contribution in [0.1, 0.15) is 109 Å². The molecule has 1 saturated carbocycles. The van der Waals surface area contributed by atoms with Gasteiger partial charge in [-0.1, -0.05) is 47.5 Å². The number of aryl methyl sites for hydroxylation is 1. The molecule has 0 radical (unpaired) electrons. The predicted octanol–water partition coefficient (Wildman–Crippen LogP) is 3.00. The molecular formula is C63H89ClN7O23S+. The first-order valence-corrected chi connectivity index (χ1v) is 33.8. The van der Waals surface area contributed by atoms with Crippen LogP contribution in [0.25, 0.3) is 0 Å². The van der Waals surface area contributed by atoms with Crippen LogP contribution < -0.4 is 19.6 Å². The Labute approximate surface area is 556 Å². The Morgan fingerprint density at radius 3 is 2.22 bits per heavy atom. The number of hydrogen-bond donors (Lipinski definition) is 4. The Hall–Kier alpha value is -6.68. The molecule has 30 nitrogen and oxygen atoms in total. The van der Waals surface area contributed by atoms with E-state index in [9.17, 15) is 56.4 Å². The topological polar surface area (TPSA) is 370 Å². The van der Waals surface area contributed by atoms with Crippen molar-refractivity contribution >= 4 is 75.0 Å². The lowest BCUT2D eigenvalue weighted by atomic mass is 9.83. The number of nitrogens with zero attached hydrogens (tertiary/aromatic N) is 5. The van der Waals surface area contributed by atoms with Crippen molar-refractivity contribution < 1.29 is 113 Å². The third-order valence-corrected chi connectivity index (χ3v) is 20.0. The Morgan fingerprint density at radius 2 is 1.57 bits per heavy atom. The van der Waals surface area contributed by atoms with Crippen LogP contribution in [0.4, 0.5) is 10.5 Å². The lowest BCUT2D eigenvalue weighted by molar-refractivity contribution is -0.759. The van der Waals surface area contributed by atoms with Crippen LogP contribution in [0.3, 0.4) is 0 Å². The lowest BCUT2D eigenvalue weighted by Gasteiger charge is -2.42. The molecule has 4 N–H and O–H groups in total. The summed E-state index contributed by atoms with van der Waals surface area (Å²) < 4.78 is 95.3. The minimum atomic E-state index is -4.90. The van der Waals surface area contributed by atoms with Crippen molar-refractivity contribution in [2.24, 2.45) is 23.7 Å². The first-order chi connectivity index (χ1) is 45.2. The number of anilines is 1. The van der Waals surface area contributed by atoms with E-state index in [1.165, 1.54) is 44.8 Å². The van der Waals surface area contributed by atoms with Crippen LogP contribution in [0.2, 0.25) is 5.02 Å². The van der Waals surface area contributed by atoms with Gasteiger partial charge in [0.25, 0.3) is 21.9 Å². The van der Waals surface area contributed by atoms with E-state index in [-0.39, 0.29) is 87.9 Å². The smallest absolute Gasteiger partial charge is 0.409 e. The maximum Gasteiger partial charge on any atom is 0.409 e. The number of likely N-dealkylation sites (N-methyl/N-ethyl adjacent to an activating group) is 1. The minimum absolute atomic E-state index is 0.0188. The van der Waals surface area contributed by atoms with Crippen molar-refractivity contribution in [3.63, 3.8) is 0 Å². The Bertz CT molecular complexity index is 3280. The number of epoxide rings is 1. The fourth-order valence-electron chi connectivity index (χ4n) is 12.6. The average molecular weight is 1380 g/mol. The molecule has 0 spiro atoms. The number of benzene rings is 1. The number of fused-ring (bicyclic) bond motifs is 7. The summed E-state index contributed by atoms with van der Waals surface area (Å²) in [5.74, 6) is -4.25. The normalized spacial score (nSPS) is 27.6. The van der Waals surface area contributed by atoms with Crippen molar-refractivity contribution in [2.75, 3.05) is 92.7 Å². The third-order valence-electron chi connectivity index (χ3n) is 18.5. The zero-order valence-electron chi connectivity index (χ0n) is 54.9. The maximum absolute atomic E-state index is 14.5. The van der Waals surface area contributed by atoms with E-state index in [0.29, 0.717) is 98.9 Å². The molecule has 4 fully saturated rings. The number of allylic oxidation sites excluding steroid dienone is 3. The number of imide groups is 1. The molecular weight excluding hydrogens is 1290 g/mol. The lowest BCUT2D eigenvalue weighted by Crippen LogP contribution is -2.63. The van der Waals surface area contributed by atoms with Gasteiger partial charge >= 0.3 is 24.0 Å². The van der Waals surface area contributed by atoms with E-state index >= 15 is 0 Å². The van der Waals surface area contributed by atoms with Gasteiger partial charge in [-0.05, 0) is 81.9 Å². The minimum Gasteiger partial charge on any atom is -0.495 e. The molecule has 2 unspecified atom stereocenters. The number of aromatic amines is 1. The molecule has 2 aromatic rings. The Morgan fingerprint density at radius 1 is 0.916 bits per heavy atom. The first kappa shape index (κ1) is 74.1. The number of methoxy groups -OCH3 is 2. The van der Waals surface area contributed by atoms with E-state index in [0.717, 1.165) is 22.5 Å². The highest BCUT2D eigenvalue weighted by Gasteiger charge is 2.65. The molecule has 5 amide bonds. The molecule has 8 rings (SSSR count). The van der Waals surface area contributed by atoms with Gasteiger partial charge in [0, 0.05) is 83.8 Å². The molecule has 95 heavy (non-hydrogen) atoms. The van der Waals surface area contributed by atoms with E-state index < -0.39 is 118 Å². The Kier molecular flexibility index (Phi) is 25.8. The quantitative estimate of drug-likeness (QED) is 0.0173. The van der Waals surface area contributed by atoms with Crippen molar-refractivity contribution in [3.8, 4) is 5.75 Å². The molecule has 12 atom stereocenters. The monoisotopic (exact) mass is 1380 g/mol. The van der Waals surface area contributed by atoms with Crippen LogP contribution in [0.15, 0.2) is 35.9 Å². The second-order valence-electron chi connectivity index (χ2n) is 25.1. The number of carbonyl (C=O) groups is 8. The first-order valence-electron chi connectivity index (χ1n) is 32.0. The standard InChI is InChI=1S/C63H88ClN7O23S/c1-37-11-9-12-50(85-8)63(80)34-49(91-61(79)65-63)38(2)59-62(4,93-59)51(33-55(75)69(6)47-30-40(29-37)31-48(84-7)58(47)64)92-60(78)39(3)68(5)54(74)32-41(95(81,82)83)35-70-46-17-15-43-42(14-16-45(46)66-67-70)44(43)36-90-56(76)13-10-21-86-23-25-88-27-28-89-26-24-87-22-20-57(77)94-71-52(72)18-19-53(71)73/h9,11-12,30-31,38-39,41-44,49-51,59,80H,10,13-29,32-36H2,1-8H3,(H2,65,79,81,82,83)/p+1/b12-9+,37-11+/t38-,39-,41?,42-,43+,44?,49+,50-,51+,59+,62+,63+/m1/s1. The van der Waals surface area contributed by atoms with Crippen molar-refractivity contribution in [1.29, 1.82) is 0 Å². The summed E-state index contributed by atoms with van der Waals surface area (Å²) >= 11 is 6.85. The highest BCUT2D eigenvalue weighted by molar-refractivity contribution is 7.86. The van der Waals surface area contributed by atoms with E-state index in [1.807, 2.05) is 13.0 Å². The number of esters is 2. The molecule has 32 heteroatoms. The van der Waals surface area contributed by atoms with Crippen LogP contribution in [-0.4, -0.2) is 221 Å². The van der Waals surface area contributed by atoms with Gasteiger partial charge in [0.1, 0.15) is 52.5 Å². The average Bonchev–Trinajstić information content (AvgIpc) is 1.59. The number of nitrogens with one attached hydrogen (secondary N) is 2. The highest BCUT2D eigenvalue weighted by Crippen LogP contribution is 2.53. The second-order valence-corrected chi connectivity index (χ2v) is 27.1. The molecule has 6 aliphatic rings. The molecule has 4 bridgehead atoms. The van der Waals surface area contributed by atoms with Gasteiger partial charge in [0.2, 0.25) is 17.5 Å². The van der Waals surface area contributed by atoms with Crippen LogP contribution in [0, 0.1) is 23.7 Å². The number of aliphatic hydroxyl groups is 1. The molecule has 5 heterocycles. The van der Waals surface area contributed by atoms with Crippen molar-refractivity contribution in [1.82, 2.24) is 25.6 Å². The summed E-state index contributed by atoms with van der Waals surface area (Å²) in [7, 11) is 0.725. The number of alkyl carbamates (subject to hydrolysis) is 1. The highest BCUT2D eigenvalue weighted by atomic mass is 35.5. The van der Waals surface area contributed by atoms with Gasteiger partial charge in [-0.25, -0.2) is 14.4 Å². The fourth-order valence-corrected chi connectivity index (χ4v) is 13.6. The van der Waals surface area contributed by atoms with Crippen molar-refractivity contribution in [3.05, 3.63) is 57.9 Å². The number of rotatable bonds is 29. The molecule has 2 aliphatic carbocycles. The largest absolute Gasteiger partial charge is 0.495 e. The summed E-state index contributed by atoms with van der Waals surface area (Å²) in [6.07, 6.45) is 2.03. The fraction of sp³-hybridized carbons (Fsp3) is 0.683. The van der Waals surface area contributed by atoms with Gasteiger partial charge in [-0.15, -0.1) is 5.06 Å². The number of halogens is 1. The number of hydroxylamine groups is 2. The van der Waals surface area contributed by atoms with Crippen LogP contribution in [0.5, 0.6) is 5.75 Å². The van der Waals surface area contributed by atoms with E-state index in [2.05, 4.69) is 15.6 Å². The Balaban J connectivity index is 0.788. The van der Waals surface area contributed by atoms with Gasteiger partial charge in [0.05, 0.1) is 84.6 Å². The van der Waals surface area contributed by atoms with Crippen LogP contribution in [-0.2, 0) is 117 Å². The molecule has 526 valence electrons. The summed E-state index contributed by atoms with van der Waals surface area (Å²) in [6, 6.07) is 2.10. The number of carbonyl (C=O) groups excluding carboxylic acids is 8. The number of aromatic nitrogens is 3. The molecule has 3 saturated heterocycles. The summed E-state index contributed by atoms with van der Waals surface area (Å²) in [5, 5.41) is 20.7. The number of ether oxygens (including phenoxy) is 10. The third kappa shape index (κ3) is 19.3. The maximum atomic E-state index is 14.5. The summed E-state index contributed by atoms with van der Waals surface area (Å²) in [5.41, 5.74) is -0.0460. The zero-order chi connectivity index (χ0) is 68.9. The molecule has 4 aliphatic heterocycles. The molecule has 1 aromatic heterocycles. The van der Waals surface area contributed by atoms with Crippen LogP contribution >= 0.6 is 11.6 Å². The molecule has 1 aromatic carbocycles. The van der Waals surface area contributed by atoms with Gasteiger partial charge in [-0.3, -0.25) is 33.8 Å². The predicted molar refractivity (Wildman–Crippen MR) is 332 cm³/mol. The number of hydrogen-bond acceptors (Lipinski definition) is 23. The SMILES string of the molecule is COc1cc2cc(c1Cl)N(C)C(=O)C[C@H](OC(=O)[C@@H](C)N(C)C(=O)CC(C[n+]1[nH]nc3c1CC[C@@H]1C(COC(=O)CCCOCCOCCOCCOCCC(=O)ON4C(=O)CCC4=O)[C@@H]1CC3)S(=O)(=O)O)[C@]1(C)O[C@H]1[C@H](C)[C@@H]1C[C@@](O)(NC(=O)O1)[C@H](OC)/C=C/C=C(\C)C2. The summed E-state index contributed by atoms with van der Waals surface area (Å²) in [6.45, 7) is 8.59. The van der Waals surface area contributed by atoms with Gasteiger partial charge in [-0.2, -0.15) is 13.1 Å². The summed E-state index contributed by atoms with van der Waals surface area (Å²) in [4.78, 5) is 111. The van der Waals surface area contributed by atoms with E-state index in [4.69, 9.17) is 63.8 Å². The van der Waals surface area contributed by atoms with E-state index in [1.54, 1.807) is 38.1 Å². The van der Waals surface area contributed by atoms with Gasteiger partial charge in [0.15, 0.2) is 11.4 Å². The zero-order valence-corrected chi connectivity index (χ0v) is 56.5. The number of H-pyrrole nitrogens is 1. The van der Waals surface area contributed by atoms with Crippen molar-refractivity contribution in [2.45, 2.75) is 165 Å². The van der Waals surface area contributed by atoms with Gasteiger partial charge < -0.3 is 67.1 Å².